The first kappa shape index (κ1) is 21.9. The zero-order valence-corrected chi connectivity index (χ0v) is 18.6. The molecule has 2 aliphatic rings. The summed E-state index contributed by atoms with van der Waals surface area (Å²) < 4.78 is 40.2. The molecule has 0 bridgehead atoms. The van der Waals surface area contributed by atoms with Crippen LogP contribution in [0, 0.1) is 0 Å². The Morgan fingerprint density at radius 1 is 0.818 bits per heavy atom. The predicted octanol–water partition coefficient (Wildman–Crippen LogP) is 5.66. The van der Waals surface area contributed by atoms with Gasteiger partial charge >= 0.3 is 6.18 Å². The standard InChI is InChI=1S/C25H22F3N3OS/c26-25(27,28)18-10-11-23-21(16-18)31(20-8-4-5-9-22(20)33-23)24(32)17-29-12-14-30(15-13-29)19-6-2-1-3-7-19/h1-11,16H,12-15,17H2. The zero-order chi connectivity index (χ0) is 23.0. The van der Waals surface area contributed by atoms with Crippen molar-refractivity contribution in [2.45, 2.75) is 16.0 Å². The molecule has 8 heteroatoms. The first-order chi connectivity index (χ1) is 15.9. The Bertz CT molecular complexity index is 1160. The molecule has 0 spiro atoms. The number of fused-ring (bicyclic) bond motifs is 2. The quantitative estimate of drug-likeness (QED) is 0.495. The number of carbonyl (C=O) groups excluding carboxylic acids is 1. The predicted molar refractivity (Wildman–Crippen MR) is 124 cm³/mol. The van der Waals surface area contributed by atoms with E-state index >= 15 is 0 Å². The molecule has 0 radical (unpaired) electrons. The van der Waals surface area contributed by atoms with Crippen LogP contribution in [0.1, 0.15) is 5.56 Å². The zero-order valence-electron chi connectivity index (χ0n) is 17.8. The van der Waals surface area contributed by atoms with Crippen molar-refractivity contribution in [3.63, 3.8) is 0 Å². The van der Waals surface area contributed by atoms with Crippen LogP contribution >= 0.6 is 11.8 Å². The number of hydrogen-bond donors (Lipinski definition) is 0. The number of anilines is 3. The van der Waals surface area contributed by atoms with Crippen molar-refractivity contribution in [2.75, 3.05) is 42.5 Å². The Morgan fingerprint density at radius 2 is 1.48 bits per heavy atom. The lowest BCUT2D eigenvalue weighted by Gasteiger charge is -2.37. The second-order valence-corrected chi connectivity index (χ2v) is 9.16. The molecule has 3 aromatic rings. The molecule has 0 aliphatic carbocycles. The normalized spacial score (nSPS) is 16.3. The number of halogens is 3. The lowest BCUT2D eigenvalue weighted by Crippen LogP contribution is -2.49. The third-order valence-corrected chi connectivity index (χ3v) is 7.09. The van der Waals surface area contributed by atoms with Gasteiger partial charge in [-0.2, -0.15) is 13.2 Å². The third-order valence-electron chi connectivity index (χ3n) is 5.96. The number of alkyl halides is 3. The van der Waals surface area contributed by atoms with Gasteiger partial charge in [0.25, 0.3) is 0 Å². The number of para-hydroxylation sites is 2. The number of nitrogens with zero attached hydrogens (tertiary/aromatic N) is 3. The molecule has 3 aromatic carbocycles. The smallest absolute Gasteiger partial charge is 0.369 e. The van der Waals surface area contributed by atoms with E-state index in [2.05, 4.69) is 21.9 Å². The highest BCUT2D eigenvalue weighted by Crippen LogP contribution is 2.49. The lowest BCUT2D eigenvalue weighted by molar-refractivity contribution is -0.137. The van der Waals surface area contributed by atoms with Crippen molar-refractivity contribution in [1.82, 2.24) is 4.90 Å². The molecule has 1 fully saturated rings. The summed E-state index contributed by atoms with van der Waals surface area (Å²) in [4.78, 5) is 20.8. The van der Waals surface area contributed by atoms with Gasteiger partial charge in [0.05, 0.1) is 23.5 Å². The van der Waals surface area contributed by atoms with Gasteiger partial charge in [-0.1, -0.05) is 42.1 Å². The molecule has 2 heterocycles. The average Bonchev–Trinajstić information content (AvgIpc) is 2.82. The highest BCUT2D eigenvalue weighted by Gasteiger charge is 2.35. The van der Waals surface area contributed by atoms with Gasteiger partial charge < -0.3 is 4.90 Å². The van der Waals surface area contributed by atoms with Crippen molar-refractivity contribution >= 4 is 34.7 Å². The first-order valence-electron chi connectivity index (χ1n) is 10.7. The van der Waals surface area contributed by atoms with Crippen LogP contribution in [0.3, 0.4) is 0 Å². The second-order valence-electron chi connectivity index (χ2n) is 8.08. The Hall–Kier alpha value is -2.97. The van der Waals surface area contributed by atoms with Gasteiger partial charge in [0.15, 0.2) is 0 Å². The molecule has 33 heavy (non-hydrogen) atoms. The highest BCUT2D eigenvalue weighted by atomic mass is 32.2. The minimum absolute atomic E-state index is 0.150. The van der Waals surface area contributed by atoms with E-state index in [4.69, 9.17) is 0 Å². The Morgan fingerprint density at radius 3 is 2.21 bits per heavy atom. The summed E-state index contributed by atoms with van der Waals surface area (Å²) in [5.41, 5.74) is 1.32. The summed E-state index contributed by atoms with van der Waals surface area (Å²) in [7, 11) is 0. The lowest BCUT2D eigenvalue weighted by atomic mass is 10.1. The number of hydrogen-bond acceptors (Lipinski definition) is 4. The maximum atomic E-state index is 13.5. The summed E-state index contributed by atoms with van der Waals surface area (Å²) in [5, 5.41) is 0. The van der Waals surface area contributed by atoms with Crippen LogP contribution in [0.5, 0.6) is 0 Å². The fraction of sp³-hybridized carbons (Fsp3) is 0.240. The van der Waals surface area contributed by atoms with Crippen LogP contribution in [-0.4, -0.2) is 43.5 Å². The number of carbonyl (C=O) groups is 1. The van der Waals surface area contributed by atoms with E-state index in [-0.39, 0.29) is 12.5 Å². The molecule has 0 saturated carbocycles. The fourth-order valence-corrected chi connectivity index (χ4v) is 5.30. The summed E-state index contributed by atoms with van der Waals surface area (Å²) >= 11 is 1.39. The van der Waals surface area contributed by atoms with E-state index in [1.165, 1.54) is 22.7 Å². The fourth-order valence-electron chi connectivity index (χ4n) is 4.26. The molecule has 4 nitrogen and oxygen atoms in total. The molecule has 170 valence electrons. The van der Waals surface area contributed by atoms with Crippen LogP contribution in [0.4, 0.5) is 30.2 Å². The summed E-state index contributed by atoms with van der Waals surface area (Å²) in [6, 6.07) is 21.1. The van der Waals surface area contributed by atoms with Gasteiger partial charge in [-0.25, -0.2) is 0 Å². The van der Waals surface area contributed by atoms with E-state index in [0.717, 1.165) is 35.8 Å². The number of rotatable bonds is 3. The van der Waals surface area contributed by atoms with Gasteiger partial charge in [0.1, 0.15) is 0 Å². The number of amides is 1. The Kier molecular flexibility index (Phi) is 5.80. The third kappa shape index (κ3) is 4.45. The highest BCUT2D eigenvalue weighted by molar-refractivity contribution is 7.99. The molecule has 0 unspecified atom stereocenters. The van der Waals surface area contributed by atoms with E-state index in [0.29, 0.717) is 29.4 Å². The topological polar surface area (TPSA) is 26.8 Å². The van der Waals surface area contributed by atoms with Gasteiger partial charge in [-0.15, -0.1) is 0 Å². The average molecular weight is 470 g/mol. The van der Waals surface area contributed by atoms with Gasteiger partial charge in [0, 0.05) is 41.7 Å². The summed E-state index contributed by atoms with van der Waals surface area (Å²) in [6.45, 7) is 3.15. The van der Waals surface area contributed by atoms with E-state index in [1.54, 1.807) is 12.1 Å². The summed E-state index contributed by atoms with van der Waals surface area (Å²) in [6.07, 6.45) is -4.47. The molecule has 5 rings (SSSR count). The second kappa shape index (κ2) is 8.76. The molecular formula is C25H22F3N3OS. The van der Waals surface area contributed by atoms with Gasteiger partial charge in [-0.05, 0) is 42.5 Å². The van der Waals surface area contributed by atoms with Crippen molar-refractivity contribution in [3.05, 3.63) is 78.4 Å². The molecule has 0 aromatic heterocycles. The van der Waals surface area contributed by atoms with Crippen LogP contribution in [0.15, 0.2) is 82.6 Å². The van der Waals surface area contributed by atoms with Gasteiger partial charge in [0.2, 0.25) is 5.91 Å². The van der Waals surface area contributed by atoms with Crippen LogP contribution in [0.2, 0.25) is 0 Å². The van der Waals surface area contributed by atoms with E-state index in [9.17, 15) is 18.0 Å². The van der Waals surface area contributed by atoms with E-state index < -0.39 is 11.7 Å². The largest absolute Gasteiger partial charge is 0.416 e. The molecular weight excluding hydrogens is 447 g/mol. The van der Waals surface area contributed by atoms with Crippen LogP contribution in [-0.2, 0) is 11.0 Å². The molecule has 1 saturated heterocycles. The molecule has 2 aliphatic heterocycles. The Labute approximate surface area is 194 Å². The molecule has 0 atom stereocenters. The summed E-state index contributed by atoms with van der Waals surface area (Å²) in [5.74, 6) is -0.225. The van der Waals surface area contributed by atoms with Crippen LogP contribution in [0.25, 0.3) is 0 Å². The van der Waals surface area contributed by atoms with Crippen molar-refractivity contribution < 1.29 is 18.0 Å². The van der Waals surface area contributed by atoms with Crippen molar-refractivity contribution in [2.24, 2.45) is 0 Å². The maximum absolute atomic E-state index is 13.5. The molecule has 0 N–H and O–H groups in total. The SMILES string of the molecule is O=C(CN1CCN(c2ccccc2)CC1)N1c2ccccc2Sc2ccc(C(F)(F)F)cc21. The van der Waals surface area contributed by atoms with Crippen LogP contribution < -0.4 is 9.80 Å². The maximum Gasteiger partial charge on any atom is 0.416 e. The number of piperazine rings is 1. The van der Waals surface area contributed by atoms with Crippen molar-refractivity contribution in [1.29, 1.82) is 0 Å². The molecule has 1 amide bonds. The first-order valence-corrected chi connectivity index (χ1v) is 11.6. The minimum atomic E-state index is -4.47. The van der Waals surface area contributed by atoms with Gasteiger partial charge in [-0.3, -0.25) is 14.6 Å². The Balaban J connectivity index is 1.38. The number of benzene rings is 3. The monoisotopic (exact) mass is 469 g/mol. The minimum Gasteiger partial charge on any atom is -0.369 e. The van der Waals surface area contributed by atoms with Crippen molar-refractivity contribution in [3.8, 4) is 0 Å². The van der Waals surface area contributed by atoms with E-state index in [1.807, 2.05) is 30.3 Å².